The molecule has 0 aliphatic carbocycles. The summed E-state index contributed by atoms with van der Waals surface area (Å²) < 4.78 is 13.4. The number of benzene rings is 2. The first kappa shape index (κ1) is 17.7. The van der Waals surface area contributed by atoms with Gasteiger partial charge in [-0.25, -0.2) is 4.39 Å². The Kier molecular flexibility index (Phi) is 4.92. The number of carbonyl (C=O) groups is 2. The van der Waals surface area contributed by atoms with Crippen LogP contribution in [0.4, 0.5) is 4.39 Å². The molecule has 140 valence electrons. The van der Waals surface area contributed by atoms with E-state index in [1.54, 1.807) is 17.0 Å². The molecule has 1 fully saturated rings. The molecule has 27 heavy (non-hydrogen) atoms. The van der Waals surface area contributed by atoms with Crippen molar-refractivity contribution in [3.05, 3.63) is 71.0 Å². The minimum atomic E-state index is -0.389. The summed E-state index contributed by atoms with van der Waals surface area (Å²) in [6.45, 7) is 2.04. The van der Waals surface area contributed by atoms with E-state index in [1.807, 2.05) is 29.2 Å². The van der Waals surface area contributed by atoms with Gasteiger partial charge in [-0.3, -0.25) is 9.59 Å². The zero-order chi connectivity index (χ0) is 18.8. The summed E-state index contributed by atoms with van der Waals surface area (Å²) in [5.74, 6) is -0.324. The van der Waals surface area contributed by atoms with Gasteiger partial charge in [-0.15, -0.1) is 0 Å². The fraction of sp³-hybridized carbons (Fsp3) is 0.364. The van der Waals surface area contributed by atoms with Crippen LogP contribution >= 0.6 is 0 Å². The lowest BCUT2D eigenvalue weighted by Crippen LogP contribution is -2.39. The number of likely N-dealkylation sites (tertiary alicyclic amines) is 1. The molecule has 2 aliphatic heterocycles. The second-order valence-electron chi connectivity index (χ2n) is 7.30. The van der Waals surface area contributed by atoms with E-state index in [9.17, 15) is 14.0 Å². The van der Waals surface area contributed by atoms with Crippen molar-refractivity contribution in [3.63, 3.8) is 0 Å². The van der Waals surface area contributed by atoms with Crippen molar-refractivity contribution in [3.8, 4) is 0 Å². The topological polar surface area (TPSA) is 40.6 Å². The largest absolute Gasteiger partial charge is 0.343 e. The molecule has 0 bridgehead atoms. The first-order valence-corrected chi connectivity index (χ1v) is 9.55. The van der Waals surface area contributed by atoms with Gasteiger partial charge < -0.3 is 9.80 Å². The number of amides is 2. The normalized spacial score (nSPS) is 17.7. The summed E-state index contributed by atoms with van der Waals surface area (Å²) >= 11 is 0. The molecule has 0 radical (unpaired) electrons. The Hall–Kier alpha value is -2.69. The Labute approximate surface area is 158 Å². The van der Waals surface area contributed by atoms with E-state index in [0.717, 1.165) is 43.5 Å². The Morgan fingerprint density at radius 1 is 1.00 bits per heavy atom. The second kappa shape index (κ2) is 7.51. The number of carbonyl (C=O) groups excluding carboxylic acids is 2. The van der Waals surface area contributed by atoms with E-state index >= 15 is 0 Å². The first-order valence-electron chi connectivity index (χ1n) is 9.55. The van der Waals surface area contributed by atoms with Crippen LogP contribution < -0.4 is 0 Å². The Morgan fingerprint density at radius 3 is 2.41 bits per heavy atom. The van der Waals surface area contributed by atoms with E-state index in [2.05, 4.69) is 0 Å². The average molecular weight is 366 g/mol. The average Bonchev–Trinajstić information content (AvgIpc) is 3.04. The quantitative estimate of drug-likeness (QED) is 0.823. The third-order valence-corrected chi connectivity index (χ3v) is 5.56. The third kappa shape index (κ3) is 3.59. The van der Waals surface area contributed by atoms with Crippen LogP contribution in [0, 0.1) is 5.82 Å². The molecule has 2 aromatic carbocycles. The summed E-state index contributed by atoms with van der Waals surface area (Å²) in [5.41, 5.74) is 2.46. The van der Waals surface area contributed by atoms with E-state index in [1.165, 1.54) is 12.1 Å². The summed E-state index contributed by atoms with van der Waals surface area (Å²) in [6.07, 6.45) is 3.44. The highest BCUT2D eigenvalue weighted by molar-refractivity contribution is 5.98. The number of hydrogen-bond acceptors (Lipinski definition) is 2. The van der Waals surface area contributed by atoms with Crippen LogP contribution in [-0.2, 0) is 11.3 Å². The molecule has 4 rings (SSSR count). The molecule has 0 N–H and O–H groups in total. The van der Waals surface area contributed by atoms with Crippen molar-refractivity contribution in [2.75, 3.05) is 13.1 Å². The van der Waals surface area contributed by atoms with Crippen molar-refractivity contribution in [2.45, 2.75) is 38.3 Å². The molecule has 2 aromatic rings. The maximum absolute atomic E-state index is 13.4. The molecule has 1 atom stereocenters. The Balaban J connectivity index is 1.61. The number of nitrogens with zero attached hydrogens (tertiary/aromatic N) is 2. The molecular formula is C22H23FN2O2. The maximum atomic E-state index is 13.4. The molecule has 0 saturated carbocycles. The lowest BCUT2D eigenvalue weighted by molar-refractivity contribution is -0.133. The predicted octanol–water partition coefficient (Wildman–Crippen LogP) is 3.93. The van der Waals surface area contributed by atoms with Gasteiger partial charge in [0.05, 0.1) is 12.5 Å². The Morgan fingerprint density at radius 2 is 1.70 bits per heavy atom. The summed E-state index contributed by atoms with van der Waals surface area (Å²) in [7, 11) is 0. The summed E-state index contributed by atoms with van der Waals surface area (Å²) in [5, 5.41) is 0. The van der Waals surface area contributed by atoms with E-state index in [0.29, 0.717) is 12.1 Å². The maximum Gasteiger partial charge on any atom is 0.255 e. The highest BCUT2D eigenvalue weighted by Crippen LogP contribution is 2.34. The summed E-state index contributed by atoms with van der Waals surface area (Å²) in [6, 6.07) is 13.3. The lowest BCUT2D eigenvalue weighted by atomic mass is 10.00. The number of fused-ring (bicyclic) bond motifs is 1. The van der Waals surface area contributed by atoms with Crippen LogP contribution in [-0.4, -0.2) is 34.7 Å². The molecule has 0 aromatic heterocycles. The van der Waals surface area contributed by atoms with Crippen LogP contribution in [0.3, 0.4) is 0 Å². The fourth-order valence-electron chi connectivity index (χ4n) is 4.06. The minimum absolute atomic E-state index is 0.0628. The SMILES string of the molecule is O=C(CC(c1ccc(F)cc1)N1Cc2ccccc2C1=O)N1CCCCC1. The van der Waals surface area contributed by atoms with Gasteiger partial charge in [0.25, 0.3) is 5.91 Å². The number of piperidine rings is 1. The predicted molar refractivity (Wildman–Crippen MR) is 101 cm³/mol. The van der Waals surface area contributed by atoms with Crippen LogP contribution in [0.5, 0.6) is 0 Å². The van der Waals surface area contributed by atoms with Crippen LogP contribution in [0.15, 0.2) is 48.5 Å². The van der Waals surface area contributed by atoms with Crippen molar-refractivity contribution < 1.29 is 14.0 Å². The molecule has 2 heterocycles. The zero-order valence-electron chi connectivity index (χ0n) is 15.2. The summed E-state index contributed by atoms with van der Waals surface area (Å²) in [4.78, 5) is 29.5. The van der Waals surface area contributed by atoms with Crippen LogP contribution in [0.1, 0.15) is 53.2 Å². The van der Waals surface area contributed by atoms with Gasteiger partial charge in [0, 0.05) is 25.2 Å². The van der Waals surface area contributed by atoms with E-state index in [-0.39, 0.29) is 30.1 Å². The molecule has 1 unspecified atom stereocenters. The van der Waals surface area contributed by atoms with Gasteiger partial charge in [-0.05, 0) is 48.6 Å². The van der Waals surface area contributed by atoms with Crippen molar-refractivity contribution in [1.29, 1.82) is 0 Å². The fourth-order valence-corrected chi connectivity index (χ4v) is 4.06. The second-order valence-corrected chi connectivity index (χ2v) is 7.30. The molecular weight excluding hydrogens is 343 g/mol. The van der Waals surface area contributed by atoms with Crippen LogP contribution in [0.25, 0.3) is 0 Å². The molecule has 0 spiro atoms. The molecule has 1 saturated heterocycles. The highest BCUT2D eigenvalue weighted by Gasteiger charge is 2.35. The van der Waals surface area contributed by atoms with Crippen molar-refractivity contribution in [1.82, 2.24) is 9.80 Å². The molecule has 4 nitrogen and oxygen atoms in total. The number of hydrogen-bond donors (Lipinski definition) is 0. The van der Waals surface area contributed by atoms with Gasteiger partial charge in [0.1, 0.15) is 5.82 Å². The minimum Gasteiger partial charge on any atom is -0.343 e. The Bertz CT molecular complexity index is 844. The third-order valence-electron chi connectivity index (χ3n) is 5.56. The van der Waals surface area contributed by atoms with Gasteiger partial charge in [-0.2, -0.15) is 0 Å². The van der Waals surface area contributed by atoms with Crippen molar-refractivity contribution >= 4 is 11.8 Å². The van der Waals surface area contributed by atoms with E-state index in [4.69, 9.17) is 0 Å². The van der Waals surface area contributed by atoms with Gasteiger partial charge in [-0.1, -0.05) is 30.3 Å². The van der Waals surface area contributed by atoms with E-state index < -0.39 is 0 Å². The van der Waals surface area contributed by atoms with Gasteiger partial charge in [0.2, 0.25) is 5.91 Å². The van der Waals surface area contributed by atoms with Crippen LogP contribution in [0.2, 0.25) is 0 Å². The highest BCUT2D eigenvalue weighted by atomic mass is 19.1. The smallest absolute Gasteiger partial charge is 0.255 e. The number of halogens is 1. The van der Waals surface area contributed by atoms with Gasteiger partial charge in [0.15, 0.2) is 0 Å². The molecule has 2 amide bonds. The molecule has 2 aliphatic rings. The molecule has 5 heteroatoms. The lowest BCUT2D eigenvalue weighted by Gasteiger charge is -2.32. The standard InChI is InChI=1S/C22H23FN2O2/c23-18-10-8-16(9-11-18)20(14-21(26)24-12-4-1-5-13-24)25-15-17-6-2-3-7-19(17)22(25)27/h2-3,6-11,20H,1,4-5,12-15H2. The number of rotatable bonds is 4. The zero-order valence-corrected chi connectivity index (χ0v) is 15.2. The monoisotopic (exact) mass is 366 g/mol. The first-order chi connectivity index (χ1) is 13.1. The van der Waals surface area contributed by atoms with Crippen molar-refractivity contribution in [2.24, 2.45) is 0 Å². The van der Waals surface area contributed by atoms with Gasteiger partial charge >= 0.3 is 0 Å².